The Morgan fingerprint density at radius 1 is 1.03 bits per heavy atom. The number of fused-ring (bicyclic) bond motifs is 2. The Labute approximate surface area is 211 Å². The number of carbonyl (C=O) groups is 1. The molecule has 0 aliphatic carbocycles. The van der Waals surface area contributed by atoms with Gasteiger partial charge in [0, 0.05) is 41.3 Å². The third kappa shape index (κ3) is 4.25. The number of aromatic carboxylic acids is 1. The highest BCUT2D eigenvalue weighted by Gasteiger charge is 2.20. The minimum Gasteiger partial charge on any atom is -0.478 e. The molecule has 2 aromatic carbocycles. The summed E-state index contributed by atoms with van der Waals surface area (Å²) in [5, 5.41) is 14.6. The molecular weight excluding hydrogens is 470 g/mol. The first-order valence-electron chi connectivity index (χ1n) is 11.9. The maximum Gasteiger partial charge on any atom is 0.335 e. The van der Waals surface area contributed by atoms with Crippen molar-refractivity contribution in [2.75, 3.05) is 31.2 Å². The lowest BCUT2D eigenvalue weighted by Gasteiger charge is -2.28. The zero-order valence-corrected chi connectivity index (χ0v) is 19.8. The van der Waals surface area contributed by atoms with Gasteiger partial charge in [-0.1, -0.05) is 24.3 Å². The molecule has 5 aromatic rings. The minimum absolute atomic E-state index is 0.0650. The van der Waals surface area contributed by atoms with E-state index in [-0.39, 0.29) is 11.0 Å². The maximum absolute atomic E-state index is 12.6. The third-order valence-electron chi connectivity index (χ3n) is 6.46. The molecule has 1 aliphatic rings. The molecule has 0 amide bonds. The van der Waals surface area contributed by atoms with Crippen LogP contribution in [0.4, 0.5) is 5.69 Å². The fourth-order valence-electron chi connectivity index (χ4n) is 4.64. The third-order valence-corrected chi connectivity index (χ3v) is 6.46. The number of nitrogens with one attached hydrogen (secondary N) is 1. The van der Waals surface area contributed by atoms with E-state index in [0.717, 1.165) is 35.6 Å². The minimum atomic E-state index is -0.988. The molecule has 9 nitrogen and oxygen atoms in total. The second-order valence-corrected chi connectivity index (χ2v) is 8.75. The van der Waals surface area contributed by atoms with Crippen molar-refractivity contribution in [2.45, 2.75) is 0 Å². The van der Waals surface area contributed by atoms with Crippen LogP contribution in [0.1, 0.15) is 21.7 Å². The van der Waals surface area contributed by atoms with E-state index < -0.39 is 5.97 Å². The van der Waals surface area contributed by atoms with Crippen molar-refractivity contribution in [3.05, 3.63) is 94.0 Å². The van der Waals surface area contributed by atoms with Crippen molar-refractivity contribution < 1.29 is 14.6 Å². The number of para-hydroxylation sites is 1. The van der Waals surface area contributed by atoms with Crippen molar-refractivity contribution in [1.82, 2.24) is 19.6 Å². The Morgan fingerprint density at radius 3 is 2.59 bits per heavy atom. The van der Waals surface area contributed by atoms with Crippen LogP contribution in [0.25, 0.3) is 40.0 Å². The van der Waals surface area contributed by atoms with Crippen LogP contribution in [0.2, 0.25) is 0 Å². The van der Waals surface area contributed by atoms with E-state index in [9.17, 15) is 14.7 Å². The first-order chi connectivity index (χ1) is 18.1. The van der Waals surface area contributed by atoms with E-state index in [4.69, 9.17) is 9.72 Å². The number of anilines is 1. The number of hydrogen-bond acceptors (Lipinski definition) is 6. The van der Waals surface area contributed by atoms with Gasteiger partial charge in [-0.05, 0) is 42.5 Å². The Balaban J connectivity index is 1.50. The van der Waals surface area contributed by atoms with Crippen molar-refractivity contribution in [2.24, 2.45) is 0 Å². The molecule has 6 rings (SSSR count). The first-order valence-corrected chi connectivity index (χ1v) is 11.9. The van der Waals surface area contributed by atoms with Crippen molar-refractivity contribution in [1.29, 1.82) is 0 Å². The number of ether oxygens (including phenoxy) is 1. The van der Waals surface area contributed by atoms with Crippen LogP contribution < -0.4 is 10.3 Å². The summed E-state index contributed by atoms with van der Waals surface area (Å²) in [4.78, 5) is 34.4. The number of morpholine rings is 1. The molecule has 9 heteroatoms. The van der Waals surface area contributed by atoms with Gasteiger partial charge in [0.1, 0.15) is 5.69 Å². The van der Waals surface area contributed by atoms with Gasteiger partial charge < -0.3 is 19.7 Å². The molecule has 184 valence electrons. The van der Waals surface area contributed by atoms with Crippen LogP contribution in [0.3, 0.4) is 0 Å². The van der Waals surface area contributed by atoms with E-state index in [1.54, 1.807) is 47.1 Å². The van der Waals surface area contributed by atoms with Gasteiger partial charge in [-0.3, -0.25) is 4.79 Å². The topological polar surface area (TPSA) is 113 Å². The molecule has 1 aliphatic heterocycles. The molecule has 0 saturated carbocycles. The van der Waals surface area contributed by atoms with Crippen LogP contribution in [0.15, 0.2) is 71.7 Å². The highest BCUT2D eigenvalue weighted by Crippen LogP contribution is 2.31. The lowest BCUT2D eigenvalue weighted by molar-refractivity contribution is 0.0697. The maximum atomic E-state index is 12.6. The fraction of sp³-hybridized carbons (Fsp3) is 0.143. The molecule has 3 aromatic heterocycles. The molecular formula is C28H23N5O4. The number of imidazole rings is 1. The Bertz CT molecular complexity index is 1710. The molecule has 1 fully saturated rings. The molecule has 37 heavy (non-hydrogen) atoms. The van der Waals surface area contributed by atoms with Gasteiger partial charge >= 0.3 is 5.97 Å². The highest BCUT2D eigenvalue weighted by molar-refractivity contribution is 5.89. The van der Waals surface area contributed by atoms with Crippen molar-refractivity contribution in [3.63, 3.8) is 0 Å². The molecule has 0 atom stereocenters. The van der Waals surface area contributed by atoms with Crippen LogP contribution in [0.5, 0.6) is 0 Å². The van der Waals surface area contributed by atoms with E-state index >= 15 is 0 Å². The van der Waals surface area contributed by atoms with Gasteiger partial charge in [-0.2, -0.15) is 5.10 Å². The SMILES string of the molecule is O=C(O)c1ccc(-c2c(/C=C/c3cc(=O)c4ccccc4[nH]3)nc3c(N4CCOCC4)ccnn23)cc1. The Hall–Kier alpha value is -4.76. The number of pyridine rings is 1. The average molecular weight is 494 g/mol. The molecule has 2 N–H and O–H groups in total. The van der Waals surface area contributed by atoms with Gasteiger partial charge in [0.15, 0.2) is 11.1 Å². The summed E-state index contributed by atoms with van der Waals surface area (Å²) >= 11 is 0. The summed E-state index contributed by atoms with van der Waals surface area (Å²) in [7, 11) is 0. The number of hydrogen-bond donors (Lipinski definition) is 2. The van der Waals surface area contributed by atoms with Crippen LogP contribution in [0, 0.1) is 0 Å². The highest BCUT2D eigenvalue weighted by atomic mass is 16.5. The van der Waals surface area contributed by atoms with E-state index in [2.05, 4.69) is 15.0 Å². The van der Waals surface area contributed by atoms with Crippen LogP contribution in [-0.4, -0.2) is 57.0 Å². The van der Waals surface area contributed by atoms with Crippen molar-refractivity contribution >= 4 is 40.4 Å². The lowest BCUT2D eigenvalue weighted by atomic mass is 10.1. The molecule has 4 heterocycles. The summed E-state index contributed by atoms with van der Waals surface area (Å²) in [6.45, 7) is 2.78. The largest absolute Gasteiger partial charge is 0.478 e. The molecule has 0 spiro atoms. The summed E-state index contributed by atoms with van der Waals surface area (Å²) in [6.07, 6.45) is 5.40. The Morgan fingerprint density at radius 2 is 1.81 bits per heavy atom. The summed E-state index contributed by atoms with van der Waals surface area (Å²) < 4.78 is 7.30. The van der Waals surface area contributed by atoms with Crippen LogP contribution >= 0.6 is 0 Å². The Kier molecular flexibility index (Phi) is 5.74. The number of nitrogens with zero attached hydrogens (tertiary/aromatic N) is 4. The summed E-state index contributed by atoms with van der Waals surface area (Å²) in [5.74, 6) is -0.988. The van der Waals surface area contributed by atoms with E-state index in [1.165, 1.54) is 0 Å². The van der Waals surface area contributed by atoms with E-state index in [1.807, 2.05) is 36.4 Å². The van der Waals surface area contributed by atoms with Crippen molar-refractivity contribution in [3.8, 4) is 11.3 Å². The second-order valence-electron chi connectivity index (χ2n) is 8.75. The predicted molar refractivity (Wildman–Crippen MR) is 142 cm³/mol. The summed E-state index contributed by atoms with van der Waals surface area (Å²) in [5.41, 5.74) is 5.31. The van der Waals surface area contributed by atoms with Gasteiger partial charge in [-0.25, -0.2) is 14.3 Å². The zero-order valence-electron chi connectivity index (χ0n) is 19.8. The average Bonchev–Trinajstić information content (AvgIpc) is 3.31. The molecule has 0 bridgehead atoms. The lowest BCUT2D eigenvalue weighted by Crippen LogP contribution is -2.36. The number of H-pyrrole nitrogens is 1. The number of aromatic nitrogens is 4. The van der Waals surface area contributed by atoms with E-state index in [0.29, 0.717) is 35.6 Å². The molecule has 0 unspecified atom stereocenters. The monoisotopic (exact) mass is 493 g/mol. The summed E-state index contributed by atoms with van der Waals surface area (Å²) in [6, 6.07) is 17.5. The number of carboxylic acid groups (broad SMARTS) is 1. The quantitative estimate of drug-likeness (QED) is 0.381. The van der Waals surface area contributed by atoms with Gasteiger partial charge in [0.25, 0.3) is 0 Å². The number of rotatable bonds is 5. The number of benzene rings is 2. The van der Waals surface area contributed by atoms with Gasteiger partial charge in [-0.15, -0.1) is 0 Å². The fourth-order valence-corrected chi connectivity index (χ4v) is 4.64. The molecule has 1 saturated heterocycles. The van der Waals surface area contributed by atoms with Crippen LogP contribution in [-0.2, 0) is 4.74 Å². The molecule has 0 radical (unpaired) electrons. The smallest absolute Gasteiger partial charge is 0.335 e. The normalized spacial score (nSPS) is 14.1. The second kappa shape index (κ2) is 9.36. The number of carboxylic acids is 1. The standard InChI is InChI=1S/C28H23N5O4/c34-25-17-20(30-22-4-2-1-3-21(22)25)9-10-23-26(18-5-7-19(8-6-18)28(35)36)33-27(31-23)24(11-12-29-33)32-13-15-37-16-14-32/h1-12,17H,13-16H2,(H,30,34)(H,35,36)/b10-9+. The predicted octanol–water partition coefficient (Wildman–Crippen LogP) is 3.94. The van der Waals surface area contributed by atoms with Gasteiger partial charge in [0.2, 0.25) is 0 Å². The van der Waals surface area contributed by atoms with Gasteiger partial charge in [0.05, 0.1) is 36.4 Å². The first kappa shape index (κ1) is 22.7. The zero-order chi connectivity index (χ0) is 25.4. The number of aromatic amines is 1.